The first-order chi connectivity index (χ1) is 23.2. The second kappa shape index (κ2) is 11.5. The molecule has 0 aliphatic carbocycles. The Labute approximate surface area is 284 Å². The molecule has 0 radical (unpaired) electrons. The zero-order chi connectivity index (χ0) is 33.3. The number of anilines is 1. The predicted octanol–water partition coefficient (Wildman–Crippen LogP) is 7.10. The van der Waals surface area contributed by atoms with Gasteiger partial charge >= 0.3 is 5.97 Å². The number of halogens is 3. The average molecular weight is 688 g/mol. The van der Waals surface area contributed by atoms with Gasteiger partial charge in [0.05, 0.1) is 34.1 Å². The lowest BCUT2D eigenvalue weighted by molar-refractivity contribution is -0.128. The van der Waals surface area contributed by atoms with E-state index in [2.05, 4.69) is 10.2 Å². The minimum Gasteiger partial charge on any atom is -0.494 e. The lowest BCUT2D eigenvalue weighted by Gasteiger charge is -2.40. The molecular formula is C36H29Cl2FN4O5. The number of aromatic carboxylic acids is 1. The molecule has 2 N–H and O–H groups in total. The van der Waals surface area contributed by atoms with Crippen LogP contribution in [0.15, 0.2) is 78.9 Å². The van der Waals surface area contributed by atoms with Crippen LogP contribution in [0.5, 0.6) is 11.6 Å². The van der Waals surface area contributed by atoms with E-state index in [1.165, 1.54) is 18.2 Å². The van der Waals surface area contributed by atoms with Gasteiger partial charge in [0.1, 0.15) is 23.7 Å². The van der Waals surface area contributed by atoms with Crippen LogP contribution >= 0.6 is 23.2 Å². The molecule has 1 amide bonds. The van der Waals surface area contributed by atoms with Crippen molar-refractivity contribution in [3.63, 3.8) is 0 Å². The molecule has 0 saturated carbocycles. The second-order valence-electron chi connectivity index (χ2n) is 12.3. The summed E-state index contributed by atoms with van der Waals surface area (Å²) in [6, 6.07) is 22.2. The molecule has 4 aromatic carbocycles. The van der Waals surface area contributed by atoms with Crippen molar-refractivity contribution in [3.8, 4) is 11.6 Å². The summed E-state index contributed by atoms with van der Waals surface area (Å²) in [7, 11) is 0. The fraction of sp³-hybridized carbons (Fsp3) is 0.250. The number of aromatic nitrogens is 2. The van der Waals surface area contributed by atoms with E-state index in [0.717, 1.165) is 5.56 Å². The molecule has 3 aliphatic rings. The molecule has 4 heterocycles. The minimum absolute atomic E-state index is 0.0478. The van der Waals surface area contributed by atoms with Crippen LogP contribution in [-0.4, -0.2) is 50.9 Å². The third kappa shape index (κ3) is 4.57. The van der Waals surface area contributed by atoms with Gasteiger partial charge in [0, 0.05) is 41.2 Å². The molecule has 8 rings (SSSR count). The summed E-state index contributed by atoms with van der Waals surface area (Å²) >= 11 is 12.9. The lowest BCUT2D eigenvalue weighted by atomic mass is 9.71. The topological polar surface area (TPSA) is 106 Å². The van der Waals surface area contributed by atoms with E-state index < -0.39 is 35.2 Å². The van der Waals surface area contributed by atoms with Crippen molar-refractivity contribution in [2.24, 2.45) is 5.92 Å². The third-order valence-electron chi connectivity index (χ3n) is 9.80. The number of nitrogens with zero attached hydrogens (tertiary/aromatic N) is 3. The fourth-order valence-corrected chi connectivity index (χ4v) is 8.32. The van der Waals surface area contributed by atoms with Crippen LogP contribution < -0.4 is 14.8 Å². The highest BCUT2D eigenvalue weighted by Gasteiger charge is 2.67. The van der Waals surface area contributed by atoms with Gasteiger partial charge in [-0.15, -0.1) is 0 Å². The number of likely N-dealkylation sites (tertiary alicyclic amines) is 1. The monoisotopic (exact) mass is 686 g/mol. The third-order valence-corrected chi connectivity index (χ3v) is 10.3. The molecule has 1 saturated heterocycles. The Kier molecular flexibility index (Phi) is 7.35. The Morgan fingerprint density at radius 2 is 1.96 bits per heavy atom. The molecule has 48 heavy (non-hydrogen) atoms. The van der Waals surface area contributed by atoms with Crippen molar-refractivity contribution >= 4 is 51.7 Å². The average Bonchev–Trinajstić information content (AvgIpc) is 3.59. The first kappa shape index (κ1) is 30.7. The summed E-state index contributed by atoms with van der Waals surface area (Å²) in [5.41, 5.74) is 1.59. The number of carbonyl (C=O) groups excluding carboxylic acids is 1. The first-order valence-corrected chi connectivity index (χ1v) is 16.4. The quantitative estimate of drug-likeness (QED) is 0.196. The van der Waals surface area contributed by atoms with Gasteiger partial charge in [0.25, 0.3) is 0 Å². The molecule has 9 nitrogen and oxygen atoms in total. The molecular weight excluding hydrogens is 658 g/mol. The van der Waals surface area contributed by atoms with Gasteiger partial charge in [-0.2, -0.15) is 5.10 Å². The minimum atomic E-state index is -1.40. The van der Waals surface area contributed by atoms with Gasteiger partial charge in [0.15, 0.2) is 0 Å². The van der Waals surface area contributed by atoms with Gasteiger partial charge in [0.2, 0.25) is 11.8 Å². The number of amides is 1. The van der Waals surface area contributed by atoms with Crippen LogP contribution in [0.25, 0.3) is 10.9 Å². The van der Waals surface area contributed by atoms with Crippen molar-refractivity contribution < 1.29 is 28.6 Å². The zero-order valence-electron chi connectivity index (χ0n) is 25.6. The highest BCUT2D eigenvalue weighted by atomic mass is 35.5. The number of hydrogen-bond acceptors (Lipinski definition) is 6. The van der Waals surface area contributed by atoms with Crippen LogP contribution in [0.1, 0.15) is 39.9 Å². The van der Waals surface area contributed by atoms with Gasteiger partial charge < -0.3 is 19.9 Å². The summed E-state index contributed by atoms with van der Waals surface area (Å²) < 4.78 is 30.4. The second-order valence-corrected chi connectivity index (χ2v) is 13.1. The smallest absolute Gasteiger partial charge is 0.335 e. The molecule has 0 unspecified atom stereocenters. The summed E-state index contributed by atoms with van der Waals surface area (Å²) in [5, 5.41) is 18.5. The van der Waals surface area contributed by atoms with Crippen LogP contribution in [-0.2, 0) is 23.4 Å². The van der Waals surface area contributed by atoms with Crippen LogP contribution in [0.4, 0.5) is 10.1 Å². The number of ether oxygens (including phenoxy) is 2. The molecule has 12 heteroatoms. The van der Waals surface area contributed by atoms with Gasteiger partial charge in [-0.05, 0) is 66.6 Å². The van der Waals surface area contributed by atoms with E-state index in [4.69, 9.17) is 37.8 Å². The fourth-order valence-electron chi connectivity index (χ4n) is 7.97. The number of carbonyl (C=O) groups is 2. The molecule has 1 aromatic heterocycles. The van der Waals surface area contributed by atoms with E-state index in [1.54, 1.807) is 35.0 Å². The maximum Gasteiger partial charge on any atom is 0.335 e. The molecule has 5 aromatic rings. The van der Waals surface area contributed by atoms with Gasteiger partial charge in [-0.1, -0.05) is 53.5 Å². The number of hydrogen-bond donors (Lipinski definition) is 2. The van der Waals surface area contributed by atoms with E-state index in [1.807, 2.05) is 37.3 Å². The lowest BCUT2D eigenvalue weighted by Crippen LogP contribution is -2.52. The number of carboxylic acids is 1. The maximum absolute atomic E-state index is 16.4. The maximum atomic E-state index is 16.4. The largest absolute Gasteiger partial charge is 0.494 e. The van der Waals surface area contributed by atoms with Crippen molar-refractivity contribution in [3.05, 3.63) is 117 Å². The Morgan fingerprint density at radius 3 is 2.77 bits per heavy atom. The Balaban J connectivity index is 1.36. The number of carboxylic acid groups (broad SMARTS) is 1. The van der Waals surface area contributed by atoms with E-state index in [-0.39, 0.29) is 29.6 Å². The first-order valence-electron chi connectivity index (χ1n) is 15.6. The Morgan fingerprint density at radius 1 is 1.12 bits per heavy atom. The molecule has 1 spiro atoms. The van der Waals surface area contributed by atoms with Crippen molar-refractivity contribution in [1.29, 1.82) is 0 Å². The molecule has 0 bridgehead atoms. The zero-order valence-corrected chi connectivity index (χ0v) is 27.1. The normalized spacial score (nSPS) is 22.9. The highest BCUT2D eigenvalue weighted by Crippen LogP contribution is 2.61. The summed E-state index contributed by atoms with van der Waals surface area (Å²) in [6.07, 6.45) is 0. The van der Waals surface area contributed by atoms with E-state index in [0.29, 0.717) is 57.5 Å². The number of rotatable bonds is 6. The highest BCUT2D eigenvalue weighted by molar-refractivity contribution is 6.31. The van der Waals surface area contributed by atoms with Gasteiger partial charge in [-0.3, -0.25) is 9.69 Å². The Hall–Kier alpha value is -4.64. The van der Waals surface area contributed by atoms with E-state index >= 15 is 4.39 Å². The van der Waals surface area contributed by atoms with Gasteiger partial charge in [-0.25, -0.2) is 13.9 Å². The van der Waals surface area contributed by atoms with Crippen molar-refractivity contribution in [2.75, 3.05) is 18.5 Å². The number of benzene rings is 4. The molecule has 244 valence electrons. The SMILES string of the molecule is CCOc1cccc(CN2[C@H]3COc4c5ccc(C(=O)O)cc5nn4C[C@H]3[C@H](c3cccc(Cl)c3F)[C@]23C(=O)Nc2cc(Cl)ccc23)c1. The number of nitrogens with one attached hydrogen (secondary N) is 1. The summed E-state index contributed by atoms with van der Waals surface area (Å²) in [6.45, 7) is 3.12. The van der Waals surface area contributed by atoms with Crippen molar-refractivity contribution in [1.82, 2.24) is 14.7 Å². The van der Waals surface area contributed by atoms with Crippen LogP contribution in [0, 0.1) is 11.7 Å². The predicted molar refractivity (Wildman–Crippen MR) is 179 cm³/mol. The van der Waals surface area contributed by atoms with E-state index in [9.17, 15) is 14.7 Å². The van der Waals surface area contributed by atoms with Crippen LogP contribution in [0.2, 0.25) is 10.0 Å². The summed E-state index contributed by atoms with van der Waals surface area (Å²) in [4.78, 5) is 28.6. The molecule has 1 fully saturated rings. The standard InChI is InChI=1S/C36H29Cl2FN4O5/c1-2-47-22-6-3-5-19(13-22)16-42-30-18-48-33-23-11-9-20(34(44)45)14-28(23)41-43(33)17-25(30)31(24-7-4-8-27(38)32(24)39)36(42)26-12-10-21(37)15-29(26)40-35(36)46/h3-15,25,30-31H,2,16-18H2,1H3,(H,40,46)(H,44,45)/t25-,30+,31+,36-/m1/s1. The number of fused-ring (bicyclic) bond motifs is 6. The Bertz CT molecular complexity index is 2140. The summed E-state index contributed by atoms with van der Waals surface area (Å²) in [5.74, 6) is -1.97. The molecule has 4 atom stereocenters. The van der Waals surface area contributed by atoms with Crippen molar-refractivity contribution in [2.45, 2.75) is 37.5 Å². The van der Waals surface area contributed by atoms with Crippen LogP contribution in [0.3, 0.4) is 0 Å². The molecule has 3 aliphatic heterocycles.